The second-order valence-electron chi connectivity index (χ2n) is 4.27. The van der Waals surface area contributed by atoms with Gasteiger partial charge >= 0.3 is 6.18 Å². The molecule has 2 aromatic carbocycles. The lowest BCUT2D eigenvalue weighted by Gasteiger charge is -2.18. The molecule has 0 heterocycles. The molecule has 1 N–H and O–H groups in total. The van der Waals surface area contributed by atoms with Crippen LogP contribution in [0.3, 0.4) is 0 Å². The van der Waals surface area contributed by atoms with Crippen LogP contribution in [0.1, 0.15) is 22.8 Å². The van der Waals surface area contributed by atoms with Crippen molar-refractivity contribution in [2.75, 3.05) is 0 Å². The molecule has 0 aliphatic rings. The summed E-state index contributed by atoms with van der Waals surface area (Å²) in [6.07, 6.45) is -6.72. The first-order valence-corrected chi connectivity index (χ1v) is 6.49. The quantitative estimate of drug-likeness (QED) is 0.755. The number of benzene rings is 2. The summed E-state index contributed by atoms with van der Waals surface area (Å²) in [6, 6.07) is 5.53. The number of hydrogen-bond donors (Lipinski definition) is 1. The van der Waals surface area contributed by atoms with Crippen LogP contribution >= 0.6 is 15.9 Å². The van der Waals surface area contributed by atoms with Crippen molar-refractivity contribution in [2.24, 2.45) is 0 Å². The van der Waals surface area contributed by atoms with Crippen molar-refractivity contribution in [1.82, 2.24) is 0 Å². The zero-order chi connectivity index (χ0) is 15.8. The molecule has 0 bridgehead atoms. The molecule has 2 aromatic rings. The Morgan fingerprint density at radius 3 is 2.29 bits per heavy atom. The molecule has 112 valence electrons. The first kappa shape index (κ1) is 15.9. The number of aliphatic hydroxyl groups is 1. The van der Waals surface area contributed by atoms with Gasteiger partial charge in [-0.1, -0.05) is 12.1 Å². The molecule has 0 aromatic heterocycles. The standard InChI is InChI=1S/C14H8BrF5O/c15-11-3-1-2-8(12(11)17)13(21)9-6-7(16)4-5-10(9)14(18,19)20/h1-6,13,21H. The third-order valence-electron chi connectivity index (χ3n) is 2.89. The zero-order valence-electron chi connectivity index (χ0n) is 10.3. The zero-order valence-corrected chi connectivity index (χ0v) is 11.8. The molecular weight excluding hydrogens is 359 g/mol. The Bertz CT molecular complexity index is 669. The molecule has 0 fully saturated rings. The molecular formula is C14H8BrF5O. The van der Waals surface area contributed by atoms with Crippen molar-refractivity contribution in [3.05, 3.63) is 69.2 Å². The minimum absolute atomic E-state index is 0.0102. The number of halogens is 6. The molecule has 21 heavy (non-hydrogen) atoms. The summed E-state index contributed by atoms with van der Waals surface area (Å²) in [5.74, 6) is -1.85. The molecule has 0 aliphatic heterocycles. The summed E-state index contributed by atoms with van der Waals surface area (Å²) in [7, 11) is 0. The molecule has 7 heteroatoms. The summed E-state index contributed by atoms with van der Waals surface area (Å²) in [5.41, 5.74) is -2.32. The highest BCUT2D eigenvalue weighted by Crippen LogP contribution is 2.38. The van der Waals surface area contributed by atoms with Crippen molar-refractivity contribution in [1.29, 1.82) is 0 Å². The van der Waals surface area contributed by atoms with Gasteiger partial charge in [0, 0.05) is 11.1 Å². The summed E-state index contributed by atoms with van der Waals surface area (Å²) in [6.45, 7) is 0. The highest BCUT2D eigenvalue weighted by Gasteiger charge is 2.36. The van der Waals surface area contributed by atoms with E-state index in [1.54, 1.807) is 0 Å². The van der Waals surface area contributed by atoms with Crippen molar-refractivity contribution >= 4 is 15.9 Å². The molecule has 0 amide bonds. The Kier molecular flexibility index (Phi) is 4.34. The molecule has 0 spiro atoms. The number of rotatable bonds is 2. The second-order valence-corrected chi connectivity index (χ2v) is 5.13. The highest BCUT2D eigenvalue weighted by molar-refractivity contribution is 9.10. The molecule has 0 aliphatic carbocycles. The monoisotopic (exact) mass is 366 g/mol. The molecule has 1 nitrogen and oxygen atoms in total. The maximum absolute atomic E-state index is 13.9. The first-order valence-electron chi connectivity index (χ1n) is 5.70. The van der Waals surface area contributed by atoms with E-state index in [4.69, 9.17) is 0 Å². The lowest BCUT2D eigenvalue weighted by Crippen LogP contribution is -2.14. The van der Waals surface area contributed by atoms with E-state index < -0.39 is 35.0 Å². The minimum atomic E-state index is -4.79. The topological polar surface area (TPSA) is 20.2 Å². The Morgan fingerprint density at radius 2 is 1.67 bits per heavy atom. The van der Waals surface area contributed by atoms with Gasteiger partial charge in [-0.25, -0.2) is 8.78 Å². The molecule has 0 radical (unpaired) electrons. The third kappa shape index (κ3) is 3.24. The number of hydrogen-bond acceptors (Lipinski definition) is 1. The van der Waals surface area contributed by atoms with Gasteiger partial charge in [-0.15, -0.1) is 0 Å². The van der Waals surface area contributed by atoms with Gasteiger partial charge in [0.2, 0.25) is 0 Å². The molecule has 0 saturated carbocycles. The second kappa shape index (κ2) is 5.73. The predicted octanol–water partition coefficient (Wildman–Crippen LogP) is 4.83. The van der Waals surface area contributed by atoms with E-state index >= 15 is 0 Å². The predicted molar refractivity (Wildman–Crippen MR) is 69.6 cm³/mol. The van der Waals surface area contributed by atoms with Gasteiger partial charge in [-0.2, -0.15) is 13.2 Å². The van der Waals surface area contributed by atoms with E-state index in [2.05, 4.69) is 15.9 Å². The lowest BCUT2D eigenvalue weighted by atomic mass is 9.96. The summed E-state index contributed by atoms with van der Waals surface area (Å²) in [5, 5.41) is 10.0. The third-order valence-corrected chi connectivity index (χ3v) is 3.50. The van der Waals surface area contributed by atoms with Crippen LogP contribution < -0.4 is 0 Å². The maximum Gasteiger partial charge on any atom is 0.416 e. The van der Waals surface area contributed by atoms with Gasteiger partial charge < -0.3 is 5.11 Å². The Hall–Kier alpha value is -1.47. The largest absolute Gasteiger partial charge is 0.416 e. The van der Waals surface area contributed by atoms with E-state index in [9.17, 15) is 27.1 Å². The van der Waals surface area contributed by atoms with E-state index in [1.807, 2.05) is 0 Å². The Balaban J connectivity index is 2.60. The van der Waals surface area contributed by atoms with Crippen molar-refractivity contribution in [3.8, 4) is 0 Å². The molecule has 0 saturated heterocycles. The van der Waals surface area contributed by atoms with Gasteiger partial charge in [-0.05, 0) is 40.2 Å². The lowest BCUT2D eigenvalue weighted by molar-refractivity contribution is -0.139. The van der Waals surface area contributed by atoms with Crippen molar-refractivity contribution < 1.29 is 27.1 Å². The number of alkyl halides is 3. The van der Waals surface area contributed by atoms with Crippen molar-refractivity contribution in [3.63, 3.8) is 0 Å². The van der Waals surface area contributed by atoms with E-state index in [0.717, 1.165) is 6.07 Å². The van der Waals surface area contributed by atoms with Gasteiger partial charge in [-0.3, -0.25) is 0 Å². The summed E-state index contributed by atoms with van der Waals surface area (Å²) < 4.78 is 65.8. The smallest absolute Gasteiger partial charge is 0.384 e. The van der Waals surface area contributed by atoms with Crippen molar-refractivity contribution in [2.45, 2.75) is 12.3 Å². The van der Waals surface area contributed by atoms with E-state index in [-0.39, 0.29) is 10.0 Å². The molecule has 1 atom stereocenters. The Labute approximate surface area is 125 Å². The van der Waals surface area contributed by atoms with Crippen LogP contribution in [0, 0.1) is 11.6 Å². The van der Waals surface area contributed by atoms with Gasteiger partial charge in [0.1, 0.15) is 17.7 Å². The van der Waals surface area contributed by atoms with E-state index in [0.29, 0.717) is 18.2 Å². The van der Waals surface area contributed by atoms with E-state index in [1.165, 1.54) is 12.1 Å². The molecule has 1 unspecified atom stereocenters. The Morgan fingerprint density at radius 1 is 1.00 bits per heavy atom. The highest BCUT2D eigenvalue weighted by atomic mass is 79.9. The maximum atomic E-state index is 13.9. The fourth-order valence-corrected chi connectivity index (χ4v) is 2.30. The van der Waals surface area contributed by atoms with Crippen LogP contribution in [0.5, 0.6) is 0 Å². The van der Waals surface area contributed by atoms with Crippen LogP contribution in [0.2, 0.25) is 0 Å². The fraction of sp³-hybridized carbons (Fsp3) is 0.143. The van der Waals surface area contributed by atoms with Crippen LogP contribution in [0.4, 0.5) is 22.0 Å². The van der Waals surface area contributed by atoms with Crippen LogP contribution in [0.25, 0.3) is 0 Å². The number of aliphatic hydroxyl groups excluding tert-OH is 1. The summed E-state index contributed by atoms with van der Waals surface area (Å²) in [4.78, 5) is 0. The van der Waals surface area contributed by atoms with Crippen LogP contribution in [0.15, 0.2) is 40.9 Å². The average Bonchev–Trinajstić information content (AvgIpc) is 2.39. The molecule has 2 rings (SSSR count). The van der Waals surface area contributed by atoms with Gasteiger partial charge in [0.15, 0.2) is 0 Å². The minimum Gasteiger partial charge on any atom is -0.384 e. The summed E-state index contributed by atoms with van der Waals surface area (Å²) >= 11 is 2.88. The first-order chi connectivity index (χ1) is 9.71. The fourth-order valence-electron chi connectivity index (χ4n) is 1.92. The van der Waals surface area contributed by atoms with Crippen LogP contribution in [-0.2, 0) is 6.18 Å². The van der Waals surface area contributed by atoms with Crippen LogP contribution in [-0.4, -0.2) is 5.11 Å². The SMILES string of the molecule is OC(c1cc(F)ccc1C(F)(F)F)c1cccc(Br)c1F. The average molecular weight is 367 g/mol. The van der Waals surface area contributed by atoms with Gasteiger partial charge in [0.05, 0.1) is 10.0 Å². The van der Waals surface area contributed by atoms with Gasteiger partial charge in [0.25, 0.3) is 0 Å². The normalized spacial score (nSPS) is 13.3.